The number of carbonyl (C=O) groups is 1. The highest BCUT2D eigenvalue weighted by atomic mass is 32.2. The molecule has 1 aliphatic heterocycles. The summed E-state index contributed by atoms with van der Waals surface area (Å²) in [4.78, 5) is 14.9. The smallest absolute Gasteiger partial charge is 0.290 e. The number of amides is 1. The molecule has 12 heteroatoms. The Morgan fingerprint density at radius 2 is 1.12 bits per heavy atom. The monoisotopic (exact) mass is 627 g/mol. The quantitative estimate of drug-likeness (QED) is 0.248. The largest absolute Gasteiger partial charge is 0.485 e. The lowest BCUT2D eigenvalue weighted by molar-refractivity contribution is 0.0771. The molecule has 1 fully saturated rings. The lowest BCUT2D eigenvalue weighted by Gasteiger charge is -2.21. The van der Waals surface area contributed by atoms with Crippen molar-refractivity contribution < 1.29 is 39.5 Å². The molecule has 3 aromatic rings. The maximum Gasteiger partial charge on any atom is 0.290 e. The van der Waals surface area contributed by atoms with Crippen molar-refractivity contribution in [1.29, 1.82) is 0 Å². The molecule has 4 rings (SSSR count). The third-order valence-electron chi connectivity index (χ3n) is 6.28. The van der Waals surface area contributed by atoms with E-state index in [1.807, 2.05) is 6.07 Å². The van der Waals surface area contributed by atoms with E-state index in [0.29, 0.717) is 28.2 Å². The van der Waals surface area contributed by atoms with Crippen LogP contribution < -0.4 is 9.47 Å². The fourth-order valence-electron chi connectivity index (χ4n) is 4.30. The van der Waals surface area contributed by atoms with Crippen LogP contribution in [0.15, 0.2) is 89.7 Å². The van der Waals surface area contributed by atoms with Gasteiger partial charge in [-0.15, -0.1) is 0 Å². The average Bonchev–Trinajstić information content (AvgIpc) is 3.38. The van der Waals surface area contributed by atoms with Gasteiger partial charge in [0.25, 0.3) is 26.1 Å². The van der Waals surface area contributed by atoms with Gasteiger partial charge in [0.05, 0.1) is 37.1 Å². The van der Waals surface area contributed by atoms with E-state index < -0.39 is 32.4 Å². The molecule has 0 spiro atoms. The average molecular weight is 628 g/mol. The molecule has 0 aliphatic carbocycles. The Kier molecular flexibility index (Phi) is 10.8. The van der Waals surface area contributed by atoms with Crippen LogP contribution in [-0.2, 0) is 28.6 Å². The predicted molar refractivity (Wildman–Crippen MR) is 163 cm³/mol. The molecule has 0 unspecified atom stereocenters. The van der Waals surface area contributed by atoms with Crippen molar-refractivity contribution in [2.45, 2.75) is 26.1 Å². The Hall–Kier alpha value is -3.97. The van der Waals surface area contributed by atoms with Crippen LogP contribution >= 0.6 is 0 Å². The minimum absolute atomic E-state index is 0.0495. The molecule has 1 saturated heterocycles. The zero-order valence-corrected chi connectivity index (χ0v) is 25.4. The fourth-order valence-corrected chi connectivity index (χ4v) is 5.76. The van der Waals surface area contributed by atoms with Crippen molar-refractivity contribution in [1.82, 2.24) is 4.90 Å². The van der Waals surface area contributed by atoms with Crippen LogP contribution in [0.25, 0.3) is 12.2 Å². The third-order valence-corrected chi connectivity index (χ3v) is 8.34. The van der Waals surface area contributed by atoms with E-state index in [4.69, 9.17) is 17.8 Å². The number of hydrogen-bond donors (Lipinski definition) is 0. The minimum atomic E-state index is -3.75. The normalized spacial score (nSPS) is 17.5. The number of nitrogens with zero attached hydrogens (tertiary/aromatic N) is 1. The van der Waals surface area contributed by atoms with Gasteiger partial charge in [0, 0.05) is 5.56 Å². The molecule has 3 aromatic carbocycles. The molecular formula is C31H33NO9S2. The first kappa shape index (κ1) is 32.0. The molecule has 10 nitrogen and oxygen atoms in total. The van der Waals surface area contributed by atoms with E-state index in [1.54, 1.807) is 91.5 Å². The molecule has 1 amide bonds. The van der Waals surface area contributed by atoms with Gasteiger partial charge >= 0.3 is 0 Å². The number of rotatable bonds is 13. The van der Waals surface area contributed by atoms with Crippen molar-refractivity contribution in [3.63, 3.8) is 0 Å². The minimum Gasteiger partial charge on any atom is -0.485 e. The van der Waals surface area contributed by atoms with Crippen LogP contribution in [0.1, 0.15) is 35.3 Å². The molecule has 1 heterocycles. The summed E-state index contributed by atoms with van der Waals surface area (Å²) in [5.41, 5.74) is 1.83. The summed E-state index contributed by atoms with van der Waals surface area (Å²) < 4.78 is 69.0. The Labute approximate surface area is 252 Å². The van der Waals surface area contributed by atoms with Crippen LogP contribution in [0.5, 0.6) is 11.5 Å². The molecule has 228 valence electrons. The Bertz CT molecular complexity index is 1540. The van der Waals surface area contributed by atoms with Crippen LogP contribution in [0.2, 0.25) is 0 Å². The maximum absolute atomic E-state index is 13.2. The van der Waals surface area contributed by atoms with Gasteiger partial charge in [0.2, 0.25) is 0 Å². The van der Waals surface area contributed by atoms with E-state index in [0.717, 1.165) is 10.8 Å². The van der Waals surface area contributed by atoms with Crippen LogP contribution in [0.4, 0.5) is 0 Å². The third kappa shape index (κ3) is 9.52. The zero-order chi connectivity index (χ0) is 30.9. The molecule has 2 atom stereocenters. The first-order valence-corrected chi connectivity index (χ1v) is 16.5. The van der Waals surface area contributed by atoms with Crippen molar-refractivity contribution in [2.75, 3.05) is 26.3 Å². The highest BCUT2D eigenvalue weighted by molar-refractivity contribution is 7.90. The zero-order valence-electron chi connectivity index (χ0n) is 23.7. The van der Waals surface area contributed by atoms with Crippen molar-refractivity contribution in [2.24, 2.45) is 0 Å². The van der Waals surface area contributed by atoms with Crippen molar-refractivity contribution >= 4 is 38.3 Å². The molecule has 0 saturated carbocycles. The Morgan fingerprint density at radius 1 is 0.698 bits per heavy atom. The van der Waals surface area contributed by atoms with E-state index >= 15 is 0 Å². The summed E-state index contributed by atoms with van der Waals surface area (Å²) >= 11 is 0. The molecule has 0 radical (unpaired) electrons. The summed E-state index contributed by atoms with van der Waals surface area (Å²) in [7, 11) is -7.50. The van der Waals surface area contributed by atoms with Gasteiger partial charge in [-0.05, 0) is 73.5 Å². The number of carbonyl (C=O) groups excluding carboxylic acids is 1. The summed E-state index contributed by atoms with van der Waals surface area (Å²) in [6, 6.07) is 22.6. The predicted octanol–water partition coefficient (Wildman–Crippen LogP) is 4.71. The number of ether oxygens (including phenoxy) is 2. The van der Waals surface area contributed by atoms with E-state index in [-0.39, 0.29) is 32.2 Å². The summed E-state index contributed by atoms with van der Waals surface area (Å²) in [5, 5.41) is 2.00. The van der Waals surface area contributed by atoms with Crippen LogP contribution in [-0.4, -0.2) is 66.2 Å². The highest BCUT2D eigenvalue weighted by Crippen LogP contribution is 2.26. The molecule has 0 bridgehead atoms. The Balaban J connectivity index is 1.49. The maximum atomic E-state index is 13.2. The Morgan fingerprint density at radius 3 is 1.51 bits per heavy atom. The fraction of sp³-hybridized carbons (Fsp3) is 0.258. The molecule has 0 N–H and O–H groups in total. The van der Waals surface area contributed by atoms with E-state index in [9.17, 15) is 21.6 Å². The number of benzene rings is 3. The molecule has 1 aliphatic rings. The first-order chi connectivity index (χ1) is 20.6. The SMILES string of the molecule is CCOS(=O)(=O)/C=C/c1ccc(O[C@@H]2CN(C(=O)c3ccccc3)C[C@H]2Oc2ccc(/C=C/S(=O)(=O)OCC)cc2)cc1. The lowest BCUT2D eigenvalue weighted by atomic mass is 10.2. The molecule has 43 heavy (non-hydrogen) atoms. The van der Waals surface area contributed by atoms with Crippen molar-refractivity contribution in [3.05, 3.63) is 106 Å². The van der Waals surface area contributed by atoms with E-state index in [1.165, 1.54) is 12.2 Å². The van der Waals surface area contributed by atoms with Gasteiger partial charge < -0.3 is 14.4 Å². The van der Waals surface area contributed by atoms with Crippen LogP contribution in [0, 0.1) is 0 Å². The van der Waals surface area contributed by atoms with Gasteiger partial charge in [-0.2, -0.15) is 16.8 Å². The molecule has 0 aromatic heterocycles. The highest BCUT2D eigenvalue weighted by Gasteiger charge is 2.39. The lowest BCUT2D eigenvalue weighted by Crippen LogP contribution is -2.34. The molecular weight excluding hydrogens is 594 g/mol. The van der Waals surface area contributed by atoms with Gasteiger partial charge in [-0.3, -0.25) is 13.2 Å². The summed E-state index contributed by atoms with van der Waals surface area (Å²) in [6.45, 7) is 3.85. The van der Waals surface area contributed by atoms with Crippen LogP contribution in [0.3, 0.4) is 0 Å². The second-order valence-corrected chi connectivity index (χ2v) is 12.4. The van der Waals surface area contributed by atoms with Gasteiger partial charge in [-0.1, -0.05) is 42.5 Å². The van der Waals surface area contributed by atoms with Gasteiger partial charge in [-0.25, -0.2) is 0 Å². The number of likely N-dealkylation sites (tertiary alicyclic amines) is 1. The summed E-state index contributed by atoms with van der Waals surface area (Å²) in [5.74, 6) is 0.897. The first-order valence-electron chi connectivity index (χ1n) is 13.6. The van der Waals surface area contributed by atoms with E-state index in [2.05, 4.69) is 0 Å². The second-order valence-electron chi connectivity index (χ2n) is 9.43. The summed E-state index contributed by atoms with van der Waals surface area (Å²) in [6.07, 6.45) is 1.84. The number of hydrogen-bond acceptors (Lipinski definition) is 9. The topological polar surface area (TPSA) is 126 Å². The van der Waals surface area contributed by atoms with Crippen molar-refractivity contribution in [3.8, 4) is 11.5 Å². The van der Waals surface area contributed by atoms with Gasteiger partial charge in [0.1, 0.15) is 11.5 Å². The van der Waals surface area contributed by atoms with Gasteiger partial charge in [0.15, 0.2) is 12.2 Å². The standard InChI is InChI=1S/C31H33NO9S2/c1-3-38-42(34,35)20-18-24-10-14-27(15-11-24)40-29-22-32(31(33)26-8-6-5-7-9-26)23-30(29)41-28-16-12-25(13-17-28)19-21-43(36,37)39-4-2/h5-21,29-30H,3-4,22-23H2,1-2H3/b20-18+,21-19+/t29-,30-/m1/s1. The second kappa shape index (κ2) is 14.5.